The zero-order valence-electron chi connectivity index (χ0n) is 18.3. The zero-order chi connectivity index (χ0) is 21.0. The number of halogens is 1. The highest BCUT2D eigenvalue weighted by molar-refractivity contribution is 14.0. The molecule has 0 aromatic carbocycles. The second-order valence-corrected chi connectivity index (χ2v) is 9.46. The van der Waals surface area contributed by atoms with Gasteiger partial charge in [-0.1, -0.05) is 0 Å². The van der Waals surface area contributed by atoms with Crippen molar-refractivity contribution in [2.45, 2.75) is 50.7 Å². The second kappa shape index (κ2) is 15.6. The van der Waals surface area contributed by atoms with E-state index in [-0.39, 0.29) is 41.9 Å². The van der Waals surface area contributed by atoms with Crippen LogP contribution in [0.3, 0.4) is 0 Å². The van der Waals surface area contributed by atoms with Crippen LogP contribution in [0, 0.1) is 0 Å². The second-order valence-electron chi connectivity index (χ2n) is 7.53. The molecule has 1 unspecified atom stereocenters. The molecule has 9 nitrogen and oxygen atoms in total. The van der Waals surface area contributed by atoms with Crippen LogP contribution in [-0.4, -0.2) is 97.4 Å². The van der Waals surface area contributed by atoms with E-state index in [0.29, 0.717) is 13.1 Å². The zero-order valence-corrected chi connectivity index (χ0v) is 21.5. The van der Waals surface area contributed by atoms with Crippen molar-refractivity contribution in [2.75, 3.05) is 65.9 Å². The number of guanidine groups is 1. The summed E-state index contributed by atoms with van der Waals surface area (Å²) in [5, 5.41) is 3.18. The largest absolute Gasteiger partial charge is 0.385 e. The van der Waals surface area contributed by atoms with Crippen molar-refractivity contribution in [3.8, 4) is 0 Å². The summed E-state index contributed by atoms with van der Waals surface area (Å²) in [5.74, 6) is 0.756. The van der Waals surface area contributed by atoms with Gasteiger partial charge in [0.15, 0.2) is 5.96 Å². The molecule has 2 rings (SSSR count). The summed E-state index contributed by atoms with van der Waals surface area (Å²) in [7, 11) is 0.0874. The predicted octanol–water partition coefficient (Wildman–Crippen LogP) is 1.19. The average molecular weight is 563 g/mol. The molecule has 0 amide bonds. The molecule has 0 spiro atoms. The number of piperidine rings is 1. The maximum Gasteiger partial charge on any atom is 0.213 e. The first-order valence-electron chi connectivity index (χ1n) is 10.7. The minimum Gasteiger partial charge on any atom is -0.385 e. The molecule has 2 saturated heterocycles. The van der Waals surface area contributed by atoms with Crippen LogP contribution in [0.15, 0.2) is 4.99 Å². The monoisotopic (exact) mass is 562 g/mol. The Bertz CT molecular complexity index is 579. The third-order valence-corrected chi connectivity index (χ3v) is 6.61. The van der Waals surface area contributed by atoms with E-state index in [0.717, 1.165) is 77.4 Å². The first-order valence-corrected chi connectivity index (χ1v) is 12.3. The van der Waals surface area contributed by atoms with Gasteiger partial charge in [0, 0.05) is 60.2 Å². The maximum atomic E-state index is 12.2. The van der Waals surface area contributed by atoms with Crippen LogP contribution in [0.25, 0.3) is 0 Å². The Morgan fingerprint density at radius 1 is 1.20 bits per heavy atom. The Hall–Kier alpha value is -0.210. The molecular weight excluding hydrogens is 523 g/mol. The Morgan fingerprint density at radius 3 is 2.60 bits per heavy atom. The number of ether oxygens (including phenoxy) is 3. The average Bonchev–Trinajstić information content (AvgIpc) is 2.74. The summed E-state index contributed by atoms with van der Waals surface area (Å²) in [6.45, 7) is 4.54. The van der Waals surface area contributed by atoms with Gasteiger partial charge in [0.1, 0.15) is 0 Å². The summed E-state index contributed by atoms with van der Waals surface area (Å²) in [4.78, 5) is 6.46. The number of nitrogens with zero attached hydrogens (tertiary/aromatic N) is 2. The predicted molar refractivity (Wildman–Crippen MR) is 129 cm³/mol. The number of methoxy groups -OCH3 is 1. The summed E-state index contributed by atoms with van der Waals surface area (Å²) < 4.78 is 43.6. The van der Waals surface area contributed by atoms with Gasteiger partial charge in [-0.05, 0) is 38.5 Å². The van der Waals surface area contributed by atoms with E-state index in [1.807, 2.05) is 0 Å². The Morgan fingerprint density at radius 2 is 1.97 bits per heavy atom. The van der Waals surface area contributed by atoms with E-state index in [9.17, 15) is 8.42 Å². The van der Waals surface area contributed by atoms with Gasteiger partial charge < -0.3 is 24.4 Å². The molecule has 0 radical (unpaired) electrons. The fraction of sp³-hybridized carbons (Fsp3) is 0.947. The van der Waals surface area contributed by atoms with Crippen molar-refractivity contribution >= 4 is 40.0 Å². The van der Waals surface area contributed by atoms with Crippen LogP contribution in [0.1, 0.15) is 38.5 Å². The van der Waals surface area contributed by atoms with Gasteiger partial charge in [-0.25, -0.2) is 13.1 Å². The molecule has 2 N–H and O–H groups in total. The molecule has 0 aromatic heterocycles. The molecule has 0 aliphatic carbocycles. The Labute approximate surface area is 198 Å². The van der Waals surface area contributed by atoms with Gasteiger partial charge in [-0.15, -0.1) is 24.0 Å². The summed E-state index contributed by atoms with van der Waals surface area (Å²) in [5.41, 5.74) is 0. The highest BCUT2D eigenvalue weighted by Crippen LogP contribution is 2.14. The molecule has 2 aliphatic rings. The van der Waals surface area contributed by atoms with Gasteiger partial charge in [-0.2, -0.15) is 0 Å². The van der Waals surface area contributed by atoms with E-state index < -0.39 is 10.0 Å². The third kappa shape index (κ3) is 10.9. The lowest BCUT2D eigenvalue weighted by atomic mass is 10.1. The van der Waals surface area contributed by atoms with Gasteiger partial charge in [-0.3, -0.25) is 4.99 Å². The molecule has 30 heavy (non-hydrogen) atoms. The molecule has 2 heterocycles. The molecular formula is C19H39IN4O5S. The lowest BCUT2D eigenvalue weighted by Crippen LogP contribution is -2.48. The van der Waals surface area contributed by atoms with Crippen molar-refractivity contribution in [1.29, 1.82) is 0 Å². The van der Waals surface area contributed by atoms with E-state index in [2.05, 4.69) is 19.9 Å². The lowest BCUT2D eigenvalue weighted by molar-refractivity contribution is 0.00992. The maximum absolute atomic E-state index is 12.2. The topological polar surface area (TPSA) is 101 Å². The van der Waals surface area contributed by atoms with E-state index in [4.69, 9.17) is 14.2 Å². The van der Waals surface area contributed by atoms with E-state index >= 15 is 0 Å². The lowest BCUT2D eigenvalue weighted by Gasteiger charge is -2.34. The number of rotatable bonds is 11. The van der Waals surface area contributed by atoms with Crippen molar-refractivity contribution in [1.82, 2.24) is 14.9 Å². The normalized spacial score (nSPS) is 21.3. The fourth-order valence-corrected chi connectivity index (χ4v) is 4.53. The first kappa shape index (κ1) is 27.8. The Balaban J connectivity index is 0.00000450. The summed E-state index contributed by atoms with van der Waals surface area (Å²) in [6, 6.07) is 0. The van der Waals surface area contributed by atoms with Gasteiger partial charge >= 0.3 is 0 Å². The summed E-state index contributed by atoms with van der Waals surface area (Å²) in [6.07, 6.45) is 6.13. The van der Waals surface area contributed by atoms with Crippen LogP contribution < -0.4 is 10.0 Å². The number of sulfonamides is 1. The molecule has 0 bridgehead atoms. The van der Waals surface area contributed by atoms with Crippen LogP contribution in [0.5, 0.6) is 0 Å². The molecule has 11 heteroatoms. The van der Waals surface area contributed by atoms with Gasteiger partial charge in [0.05, 0.1) is 18.0 Å². The highest BCUT2D eigenvalue weighted by atomic mass is 127. The van der Waals surface area contributed by atoms with E-state index in [1.165, 1.54) is 0 Å². The molecule has 0 aromatic rings. The number of aliphatic imine (C=N–C) groups is 1. The molecule has 2 aliphatic heterocycles. The fourth-order valence-electron chi connectivity index (χ4n) is 3.58. The number of nitrogens with one attached hydrogen (secondary N) is 2. The third-order valence-electron chi connectivity index (χ3n) is 5.26. The van der Waals surface area contributed by atoms with E-state index in [1.54, 1.807) is 14.2 Å². The number of likely N-dealkylation sites (tertiary alicyclic amines) is 1. The standard InChI is InChI=1S/C19H38N4O5S.HI/c1-20-19(23-10-7-17(8-11-23)27-14-5-12-26-2)21-9-15-29(24,25)22-16-18-6-3-4-13-28-18;/h17-18,22H,3-16H2,1-2H3,(H,20,21);1H. The molecule has 178 valence electrons. The number of hydrogen-bond donors (Lipinski definition) is 2. The molecule has 1 atom stereocenters. The molecule has 0 saturated carbocycles. The van der Waals surface area contributed by atoms with Gasteiger partial charge in [0.25, 0.3) is 0 Å². The summed E-state index contributed by atoms with van der Waals surface area (Å²) >= 11 is 0. The quantitative estimate of drug-likeness (QED) is 0.169. The van der Waals surface area contributed by atoms with Crippen molar-refractivity contribution < 1.29 is 22.6 Å². The van der Waals surface area contributed by atoms with Crippen LogP contribution in [0.2, 0.25) is 0 Å². The van der Waals surface area contributed by atoms with Crippen molar-refractivity contribution in [3.05, 3.63) is 0 Å². The minimum absolute atomic E-state index is 0. The minimum atomic E-state index is -3.34. The first-order chi connectivity index (χ1) is 14.0. The van der Waals surface area contributed by atoms with Crippen molar-refractivity contribution in [2.24, 2.45) is 4.99 Å². The number of hydrogen-bond acceptors (Lipinski definition) is 6. The van der Waals surface area contributed by atoms with Gasteiger partial charge in [0.2, 0.25) is 10.0 Å². The Kier molecular flexibility index (Phi) is 14.4. The van der Waals surface area contributed by atoms with Crippen LogP contribution >= 0.6 is 24.0 Å². The highest BCUT2D eigenvalue weighted by Gasteiger charge is 2.22. The van der Waals surface area contributed by atoms with Crippen molar-refractivity contribution in [3.63, 3.8) is 0 Å². The smallest absolute Gasteiger partial charge is 0.213 e. The van der Waals surface area contributed by atoms with Crippen LogP contribution in [0.4, 0.5) is 0 Å². The SMILES string of the molecule is CN=C(NCCS(=O)(=O)NCC1CCCCO1)N1CCC(OCCCOC)CC1.I. The molecule has 2 fully saturated rings. The van der Waals surface area contributed by atoms with Crippen LogP contribution in [-0.2, 0) is 24.2 Å².